The van der Waals surface area contributed by atoms with Gasteiger partial charge in [0.05, 0.1) is 31.4 Å². The lowest BCUT2D eigenvalue weighted by Crippen LogP contribution is -2.31. The molecule has 1 aliphatic rings. The topological polar surface area (TPSA) is 94.5 Å². The maximum Gasteiger partial charge on any atom is 0.295 e. The molecule has 1 heterocycles. The average Bonchev–Trinajstić information content (AvgIpc) is 3.15. The van der Waals surface area contributed by atoms with E-state index in [2.05, 4.69) is 13.8 Å². The van der Waals surface area contributed by atoms with Crippen LogP contribution in [0, 0.1) is 5.92 Å². The molecule has 1 aliphatic heterocycles. The second kappa shape index (κ2) is 13.9. The van der Waals surface area contributed by atoms with E-state index in [0.717, 1.165) is 6.42 Å². The van der Waals surface area contributed by atoms with Crippen LogP contribution in [0.25, 0.3) is 5.76 Å². The Bertz CT molecular complexity index is 1120. The minimum atomic E-state index is -0.789. The number of aliphatic hydroxyl groups is 1. The second-order valence-corrected chi connectivity index (χ2v) is 9.47. The quantitative estimate of drug-likeness (QED) is 0.153. The van der Waals surface area contributed by atoms with Crippen molar-refractivity contribution in [3.63, 3.8) is 0 Å². The van der Waals surface area contributed by atoms with Gasteiger partial charge in [-0.2, -0.15) is 0 Å². The van der Waals surface area contributed by atoms with E-state index in [1.165, 1.54) is 4.90 Å². The first-order valence-corrected chi connectivity index (χ1v) is 13.2. The molecule has 1 fully saturated rings. The molecule has 206 valence electrons. The number of aliphatic hydroxyl groups excluding tert-OH is 1. The highest BCUT2D eigenvalue weighted by Crippen LogP contribution is 2.42. The lowest BCUT2D eigenvalue weighted by molar-refractivity contribution is -0.140. The van der Waals surface area contributed by atoms with Gasteiger partial charge in [-0.05, 0) is 74.6 Å². The van der Waals surface area contributed by atoms with Crippen molar-refractivity contribution in [1.82, 2.24) is 4.90 Å². The number of carbonyl (C=O) groups is 2. The van der Waals surface area contributed by atoms with Crippen molar-refractivity contribution >= 4 is 17.4 Å². The summed E-state index contributed by atoms with van der Waals surface area (Å²) in [5, 5.41) is 11.3. The van der Waals surface area contributed by atoms with E-state index in [9.17, 15) is 14.7 Å². The number of ketones is 1. The lowest BCUT2D eigenvalue weighted by atomic mass is 9.95. The van der Waals surface area contributed by atoms with E-state index in [1.54, 1.807) is 43.5 Å². The molecule has 0 aromatic heterocycles. The molecular formula is C30H39NO7. The van der Waals surface area contributed by atoms with Crippen LogP contribution in [0.3, 0.4) is 0 Å². The molecule has 8 nitrogen and oxygen atoms in total. The summed E-state index contributed by atoms with van der Waals surface area (Å²) in [6.07, 6.45) is 1.44. The zero-order valence-corrected chi connectivity index (χ0v) is 23.0. The molecule has 1 saturated heterocycles. The van der Waals surface area contributed by atoms with Gasteiger partial charge in [0.15, 0.2) is 11.5 Å². The Morgan fingerprint density at radius 3 is 2.29 bits per heavy atom. The Kier molecular flexibility index (Phi) is 10.6. The summed E-state index contributed by atoms with van der Waals surface area (Å²) < 4.78 is 22.5. The number of Topliss-reactive ketones (excluding diaryl/α,β-unsaturated/α-hetero) is 1. The van der Waals surface area contributed by atoms with Crippen LogP contribution in [-0.2, 0) is 14.3 Å². The zero-order chi connectivity index (χ0) is 27.7. The number of nitrogens with zero attached hydrogens (tertiary/aromatic N) is 1. The first-order chi connectivity index (χ1) is 18.3. The molecule has 2 aromatic carbocycles. The maximum absolute atomic E-state index is 13.3. The van der Waals surface area contributed by atoms with Gasteiger partial charge in [-0.15, -0.1) is 0 Å². The van der Waals surface area contributed by atoms with Gasteiger partial charge in [-0.25, -0.2) is 0 Å². The molecule has 1 N–H and O–H groups in total. The van der Waals surface area contributed by atoms with E-state index in [-0.39, 0.29) is 11.3 Å². The zero-order valence-electron chi connectivity index (χ0n) is 23.0. The molecule has 0 radical (unpaired) electrons. The van der Waals surface area contributed by atoms with Crippen molar-refractivity contribution in [3.8, 4) is 17.2 Å². The normalized spacial score (nSPS) is 16.8. The number of amides is 1. The van der Waals surface area contributed by atoms with Crippen LogP contribution < -0.4 is 14.2 Å². The molecule has 2 aromatic rings. The summed E-state index contributed by atoms with van der Waals surface area (Å²) in [7, 11) is 1.59. The number of carbonyl (C=O) groups excluding carboxylic acids is 2. The van der Waals surface area contributed by atoms with Crippen LogP contribution in [0.15, 0.2) is 48.0 Å². The minimum absolute atomic E-state index is 0.0347. The minimum Gasteiger partial charge on any atom is -0.507 e. The number of ether oxygens (including phenoxy) is 4. The summed E-state index contributed by atoms with van der Waals surface area (Å²) in [4.78, 5) is 27.9. The molecule has 8 heteroatoms. The van der Waals surface area contributed by atoms with Crippen molar-refractivity contribution in [2.45, 2.75) is 46.6 Å². The monoisotopic (exact) mass is 525 g/mol. The smallest absolute Gasteiger partial charge is 0.295 e. The number of likely N-dealkylation sites (tertiary alicyclic amines) is 1. The Morgan fingerprint density at radius 2 is 1.66 bits per heavy atom. The second-order valence-electron chi connectivity index (χ2n) is 9.47. The Balaban J connectivity index is 2.07. The summed E-state index contributed by atoms with van der Waals surface area (Å²) in [5.74, 6) is 0.648. The van der Waals surface area contributed by atoms with Gasteiger partial charge in [0.1, 0.15) is 11.5 Å². The van der Waals surface area contributed by atoms with Crippen molar-refractivity contribution in [3.05, 3.63) is 59.2 Å². The highest BCUT2D eigenvalue weighted by molar-refractivity contribution is 6.46. The van der Waals surface area contributed by atoms with Gasteiger partial charge in [0.25, 0.3) is 11.7 Å². The van der Waals surface area contributed by atoms with Gasteiger partial charge >= 0.3 is 0 Å². The predicted molar refractivity (Wildman–Crippen MR) is 146 cm³/mol. The largest absolute Gasteiger partial charge is 0.507 e. The molecule has 38 heavy (non-hydrogen) atoms. The molecule has 3 rings (SSSR count). The SMILES string of the molecule is CCOc1ccc(/C(O)=C2\C(=O)C(=O)N(CCCOC)C2c2ccc(OCCC(C)C)c(OCC)c2)cc1. The Morgan fingerprint density at radius 1 is 0.947 bits per heavy atom. The molecule has 1 atom stereocenters. The van der Waals surface area contributed by atoms with Crippen LogP contribution in [0.5, 0.6) is 17.2 Å². The van der Waals surface area contributed by atoms with Crippen LogP contribution >= 0.6 is 0 Å². The van der Waals surface area contributed by atoms with Crippen molar-refractivity contribution in [2.75, 3.05) is 40.1 Å². The third-order valence-electron chi connectivity index (χ3n) is 6.26. The summed E-state index contributed by atoms with van der Waals surface area (Å²) in [5.41, 5.74) is 1.10. The van der Waals surface area contributed by atoms with Gasteiger partial charge in [0.2, 0.25) is 0 Å². The van der Waals surface area contributed by atoms with Gasteiger partial charge < -0.3 is 29.0 Å². The van der Waals surface area contributed by atoms with Crippen LogP contribution in [0.1, 0.15) is 57.7 Å². The highest BCUT2D eigenvalue weighted by atomic mass is 16.5. The molecule has 1 amide bonds. The van der Waals surface area contributed by atoms with Crippen LogP contribution in [0.2, 0.25) is 0 Å². The van der Waals surface area contributed by atoms with Gasteiger partial charge in [-0.1, -0.05) is 19.9 Å². The fourth-order valence-corrected chi connectivity index (χ4v) is 4.35. The third kappa shape index (κ3) is 6.86. The van der Waals surface area contributed by atoms with Crippen molar-refractivity contribution in [1.29, 1.82) is 0 Å². The van der Waals surface area contributed by atoms with Crippen molar-refractivity contribution in [2.24, 2.45) is 5.92 Å². The fraction of sp³-hybridized carbons (Fsp3) is 0.467. The molecule has 0 spiro atoms. The van der Waals surface area contributed by atoms with E-state index in [0.29, 0.717) is 73.7 Å². The van der Waals surface area contributed by atoms with E-state index in [1.807, 2.05) is 19.9 Å². The standard InChI is InChI=1S/C30H39NO7/c1-6-36-23-12-9-21(10-13-23)28(32)26-27(31(16-8-17-35-5)30(34)29(26)33)22-11-14-24(25(19-22)37-7-2)38-18-15-20(3)4/h9-14,19-20,27,32H,6-8,15-18H2,1-5H3/b28-26+. The molecule has 0 saturated carbocycles. The number of hydrogen-bond donors (Lipinski definition) is 1. The van der Waals surface area contributed by atoms with E-state index >= 15 is 0 Å². The lowest BCUT2D eigenvalue weighted by Gasteiger charge is -2.26. The Hall–Kier alpha value is -3.52. The summed E-state index contributed by atoms with van der Waals surface area (Å²) >= 11 is 0. The van der Waals surface area contributed by atoms with Crippen molar-refractivity contribution < 1.29 is 33.6 Å². The first-order valence-electron chi connectivity index (χ1n) is 13.2. The molecular weight excluding hydrogens is 486 g/mol. The highest BCUT2D eigenvalue weighted by Gasteiger charge is 2.46. The van der Waals surface area contributed by atoms with E-state index < -0.39 is 17.7 Å². The molecule has 0 bridgehead atoms. The third-order valence-corrected chi connectivity index (χ3v) is 6.26. The summed E-state index contributed by atoms with van der Waals surface area (Å²) in [6, 6.07) is 11.4. The number of methoxy groups -OCH3 is 1. The van der Waals surface area contributed by atoms with Gasteiger partial charge in [0, 0.05) is 25.8 Å². The van der Waals surface area contributed by atoms with Crippen LogP contribution in [-0.4, -0.2) is 61.8 Å². The number of hydrogen-bond acceptors (Lipinski definition) is 7. The number of rotatable bonds is 14. The first kappa shape index (κ1) is 29.0. The average molecular weight is 526 g/mol. The van der Waals surface area contributed by atoms with E-state index in [4.69, 9.17) is 18.9 Å². The molecule has 0 aliphatic carbocycles. The Labute approximate surface area is 225 Å². The summed E-state index contributed by atoms with van der Waals surface area (Å²) in [6.45, 7) is 10.2. The van der Waals surface area contributed by atoms with Gasteiger partial charge in [-0.3, -0.25) is 9.59 Å². The number of benzene rings is 2. The van der Waals surface area contributed by atoms with Crippen LogP contribution in [0.4, 0.5) is 0 Å². The predicted octanol–water partition coefficient (Wildman–Crippen LogP) is 5.37. The maximum atomic E-state index is 13.3. The molecule has 1 unspecified atom stereocenters. The fourth-order valence-electron chi connectivity index (χ4n) is 4.35.